The van der Waals surface area contributed by atoms with Crippen LogP contribution in [0.5, 0.6) is 51.7 Å². The fourth-order valence-electron chi connectivity index (χ4n) is 7.30. The number of hydrogen-bond acceptors (Lipinski definition) is 9. The summed E-state index contributed by atoms with van der Waals surface area (Å²) in [6, 6.07) is 31.0. The summed E-state index contributed by atoms with van der Waals surface area (Å²) in [4.78, 5) is 0. The normalized spacial score (nSPS) is 19.0. The highest BCUT2D eigenvalue weighted by Gasteiger charge is 2.46. The van der Waals surface area contributed by atoms with Crippen LogP contribution < -0.4 is 9.47 Å². The number of aromatic hydroxyl groups is 7. The molecule has 0 spiro atoms. The van der Waals surface area contributed by atoms with E-state index in [1.165, 1.54) is 24.3 Å². The average molecular weight is 681 g/mol. The first-order chi connectivity index (χ1) is 24.6. The SMILES string of the molecule is Oc1ccc([C@H]2Oc3ccc(/C=C/c4cc(O)cc(O)c4)cc3[C@@H]2c2c(O)ccc3c2[C@H](c2cc(O)cc(O)c2)[C@@H](c2ccc(O)cc2)O3)cc1. The van der Waals surface area contributed by atoms with Crippen LogP contribution in [0.3, 0.4) is 0 Å². The lowest BCUT2D eigenvalue weighted by Gasteiger charge is -2.26. The number of benzene rings is 6. The molecule has 2 aliphatic rings. The maximum absolute atomic E-state index is 11.9. The van der Waals surface area contributed by atoms with E-state index in [0.717, 1.165) is 22.3 Å². The minimum atomic E-state index is -0.663. The van der Waals surface area contributed by atoms with Gasteiger partial charge in [-0.05, 0) is 101 Å². The second-order valence-electron chi connectivity index (χ2n) is 12.8. The maximum Gasteiger partial charge on any atom is 0.135 e. The van der Waals surface area contributed by atoms with Gasteiger partial charge in [0.05, 0.1) is 11.8 Å². The lowest BCUT2D eigenvalue weighted by Crippen LogP contribution is -2.16. The van der Waals surface area contributed by atoms with E-state index in [2.05, 4.69) is 0 Å². The molecule has 0 saturated heterocycles. The Morgan fingerprint density at radius 1 is 0.392 bits per heavy atom. The van der Waals surface area contributed by atoms with Gasteiger partial charge in [0.25, 0.3) is 0 Å². The number of ether oxygens (including phenoxy) is 2. The highest BCUT2D eigenvalue weighted by atomic mass is 16.5. The van der Waals surface area contributed by atoms with E-state index in [4.69, 9.17) is 9.47 Å². The molecule has 4 atom stereocenters. The molecule has 0 amide bonds. The van der Waals surface area contributed by atoms with Gasteiger partial charge in [-0.15, -0.1) is 0 Å². The van der Waals surface area contributed by atoms with Crippen molar-refractivity contribution in [2.24, 2.45) is 0 Å². The molecule has 2 aliphatic heterocycles. The largest absolute Gasteiger partial charge is 0.508 e. The molecule has 2 heterocycles. The molecule has 0 unspecified atom stereocenters. The van der Waals surface area contributed by atoms with Crippen molar-refractivity contribution in [3.63, 3.8) is 0 Å². The standard InChI is InChI=1S/C42H32O9/c43-27-8-4-24(5-9-27)41-37(26-18-31(47)21-32(48)19-26)40-36(51-41)14-12-34(49)39(40)38-33-17-22(1-2-23-15-29(45)20-30(46)16-23)3-13-35(33)50-42(38)25-6-10-28(44)11-7-25/h1-21,37-38,41-49H/b2-1+/t37-,38+,41+,42+/m0/s1. The highest BCUT2D eigenvalue weighted by molar-refractivity contribution is 5.73. The highest BCUT2D eigenvalue weighted by Crippen LogP contribution is 2.60. The van der Waals surface area contributed by atoms with Gasteiger partial charge in [0.15, 0.2) is 0 Å². The third kappa shape index (κ3) is 5.84. The van der Waals surface area contributed by atoms with E-state index in [1.54, 1.807) is 78.9 Å². The van der Waals surface area contributed by atoms with Crippen molar-refractivity contribution in [3.05, 3.63) is 160 Å². The molecule has 0 fully saturated rings. The van der Waals surface area contributed by atoms with Crippen LogP contribution in [0.25, 0.3) is 12.2 Å². The molecule has 0 saturated carbocycles. The molecule has 254 valence electrons. The van der Waals surface area contributed by atoms with Gasteiger partial charge in [-0.2, -0.15) is 0 Å². The molecule has 0 aromatic heterocycles. The van der Waals surface area contributed by atoms with Crippen molar-refractivity contribution < 1.29 is 45.2 Å². The fraction of sp³-hybridized carbons (Fsp3) is 0.0952. The molecule has 51 heavy (non-hydrogen) atoms. The Balaban J connectivity index is 1.32. The Morgan fingerprint density at radius 3 is 1.51 bits per heavy atom. The number of phenolic OH excluding ortho intramolecular Hbond substituents is 7. The van der Waals surface area contributed by atoms with Gasteiger partial charge in [-0.25, -0.2) is 0 Å². The second-order valence-corrected chi connectivity index (χ2v) is 12.8. The molecule has 0 aliphatic carbocycles. The third-order valence-electron chi connectivity index (χ3n) is 9.45. The van der Waals surface area contributed by atoms with Crippen LogP contribution in [-0.2, 0) is 0 Å². The molecule has 9 nitrogen and oxygen atoms in total. The second kappa shape index (κ2) is 12.3. The van der Waals surface area contributed by atoms with Crippen LogP contribution in [0.4, 0.5) is 0 Å². The quantitative estimate of drug-likeness (QED) is 0.0858. The predicted octanol–water partition coefficient (Wildman–Crippen LogP) is 8.33. The zero-order chi connectivity index (χ0) is 35.4. The molecule has 7 N–H and O–H groups in total. The van der Waals surface area contributed by atoms with Crippen LogP contribution in [0, 0.1) is 0 Å². The number of fused-ring (bicyclic) bond motifs is 2. The molecular formula is C42H32O9. The first-order valence-electron chi connectivity index (χ1n) is 16.3. The minimum Gasteiger partial charge on any atom is -0.508 e. The van der Waals surface area contributed by atoms with Gasteiger partial charge in [0.1, 0.15) is 64.0 Å². The summed E-state index contributed by atoms with van der Waals surface area (Å²) in [6.07, 6.45) is 2.30. The van der Waals surface area contributed by atoms with E-state index in [0.29, 0.717) is 33.8 Å². The summed E-state index contributed by atoms with van der Waals surface area (Å²) in [5.74, 6) is -0.406. The number of hydrogen-bond donors (Lipinski definition) is 7. The van der Waals surface area contributed by atoms with Crippen molar-refractivity contribution in [2.45, 2.75) is 24.0 Å². The molecule has 9 heteroatoms. The van der Waals surface area contributed by atoms with Gasteiger partial charge in [0, 0.05) is 28.8 Å². The zero-order valence-electron chi connectivity index (χ0n) is 26.9. The van der Waals surface area contributed by atoms with Gasteiger partial charge < -0.3 is 45.2 Å². The summed E-state index contributed by atoms with van der Waals surface area (Å²) in [5, 5.41) is 73.2. The topological polar surface area (TPSA) is 160 Å². The van der Waals surface area contributed by atoms with Crippen LogP contribution in [0.1, 0.15) is 68.6 Å². The summed E-state index contributed by atoms with van der Waals surface area (Å²) in [7, 11) is 0. The molecule has 6 aromatic carbocycles. The van der Waals surface area contributed by atoms with Crippen LogP contribution in [-0.4, -0.2) is 35.7 Å². The Hall–Kier alpha value is -6.74. The molecule has 6 aromatic rings. The molecule has 0 bridgehead atoms. The first-order valence-corrected chi connectivity index (χ1v) is 16.3. The average Bonchev–Trinajstić information content (AvgIpc) is 3.66. The van der Waals surface area contributed by atoms with Crippen molar-refractivity contribution >= 4 is 12.2 Å². The van der Waals surface area contributed by atoms with Gasteiger partial charge in [-0.3, -0.25) is 0 Å². The van der Waals surface area contributed by atoms with Crippen LogP contribution >= 0.6 is 0 Å². The van der Waals surface area contributed by atoms with Crippen LogP contribution in [0.15, 0.2) is 115 Å². The third-order valence-corrected chi connectivity index (χ3v) is 9.45. The van der Waals surface area contributed by atoms with Crippen LogP contribution in [0.2, 0.25) is 0 Å². The summed E-state index contributed by atoms with van der Waals surface area (Å²) in [5.41, 5.74) is 5.33. The van der Waals surface area contributed by atoms with Gasteiger partial charge in [0.2, 0.25) is 0 Å². The van der Waals surface area contributed by atoms with Crippen molar-refractivity contribution in [2.75, 3.05) is 0 Å². The molecule has 0 radical (unpaired) electrons. The number of phenols is 7. The van der Waals surface area contributed by atoms with E-state index in [9.17, 15) is 35.7 Å². The van der Waals surface area contributed by atoms with E-state index < -0.39 is 24.0 Å². The van der Waals surface area contributed by atoms with E-state index in [-0.39, 0.29) is 40.2 Å². The fourth-order valence-corrected chi connectivity index (χ4v) is 7.30. The first kappa shape index (κ1) is 31.5. The Labute approximate surface area is 292 Å². The van der Waals surface area contributed by atoms with Crippen molar-refractivity contribution in [3.8, 4) is 51.7 Å². The predicted molar refractivity (Wildman–Crippen MR) is 190 cm³/mol. The minimum absolute atomic E-state index is 0.0144. The summed E-state index contributed by atoms with van der Waals surface area (Å²) in [6.45, 7) is 0. The lowest BCUT2D eigenvalue weighted by molar-refractivity contribution is 0.219. The Morgan fingerprint density at radius 2 is 0.902 bits per heavy atom. The van der Waals surface area contributed by atoms with Crippen molar-refractivity contribution in [1.29, 1.82) is 0 Å². The summed E-state index contributed by atoms with van der Waals surface area (Å²) >= 11 is 0. The lowest BCUT2D eigenvalue weighted by atomic mass is 9.76. The number of rotatable bonds is 6. The van der Waals surface area contributed by atoms with E-state index in [1.807, 2.05) is 24.3 Å². The van der Waals surface area contributed by atoms with Gasteiger partial charge >= 0.3 is 0 Å². The van der Waals surface area contributed by atoms with E-state index >= 15 is 0 Å². The van der Waals surface area contributed by atoms with Gasteiger partial charge in [-0.1, -0.05) is 42.5 Å². The summed E-state index contributed by atoms with van der Waals surface area (Å²) < 4.78 is 13.3. The smallest absolute Gasteiger partial charge is 0.135 e. The molecule has 8 rings (SSSR count). The van der Waals surface area contributed by atoms with Crippen molar-refractivity contribution in [1.82, 2.24) is 0 Å². The monoisotopic (exact) mass is 680 g/mol. The maximum atomic E-state index is 11.9. The Bertz CT molecular complexity index is 2270. The Kier molecular flexibility index (Phi) is 7.60. The zero-order valence-corrected chi connectivity index (χ0v) is 26.9. The molecular weight excluding hydrogens is 648 g/mol.